The minimum atomic E-state index is 0.499. The van der Waals surface area contributed by atoms with Crippen molar-refractivity contribution in [1.82, 2.24) is 10.2 Å². The molecule has 0 bridgehead atoms. The Labute approximate surface area is 131 Å². The third-order valence-electron chi connectivity index (χ3n) is 3.01. The Hall–Kier alpha value is -2.20. The van der Waals surface area contributed by atoms with Crippen molar-refractivity contribution < 1.29 is 4.42 Å². The molecule has 1 aromatic heterocycles. The first-order valence-corrected chi connectivity index (χ1v) is 7.69. The van der Waals surface area contributed by atoms with Crippen LogP contribution in [0.2, 0.25) is 0 Å². The van der Waals surface area contributed by atoms with Crippen LogP contribution in [0, 0.1) is 0 Å². The summed E-state index contributed by atoms with van der Waals surface area (Å²) in [6, 6.07) is 18.0. The molecule has 3 rings (SSSR count). The van der Waals surface area contributed by atoms with Crippen LogP contribution in [0.5, 0.6) is 0 Å². The van der Waals surface area contributed by atoms with Crippen LogP contribution in [0.15, 0.2) is 59.0 Å². The van der Waals surface area contributed by atoms with E-state index in [4.69, 9.17) is 4.42 Å². The summed E-state index contributed by atoms with van der Waals surface area (Å²) in [5, 5.41) is 8.94. The van der Waals surface area contributed by atoms with Gasteiger partial charge in [-0.25, -0.2) is 0 Å². The number of rotatable bonds is 4. The highest BCUT2D eigenvalue weighted by atomic mass is 79.9. The van der Waals surface area contributed by atoms with Gasteiger partial charge in [-0.1, -0.05) is 58.4 Å². The summed E-state index contributed by atoms with van der Waals surface area (Å²) in [6.45, 7) is 0. The molecule has 0 fully saturated rings. The summed E-state index contributed by atoms with van der Waals surface area (Å²) in [7, 11) is 0. The van der Waals surface area contributed by atoms with E-state index in [0.29, 0.717) is 11.8 Å². The zero-order valence-corrected chi connectivity index (χ0v) is 12.8. The van der Waals surface area contributed by atoms with Crippen molar-refractivity contribution >= 4 is 28.1 Å². The Kier molecular flexibility index (Phi) is 4.26. The van der Waals surface area contributed by atoms with Gasteiger partial charge in [-0.05, 0) is 29.3 Å². The first-order valence-electron chi connectivity index (χ1n) is 6.57. The average Bonchev–Trinajstić information content (AvgIpc) is 3.03. The molecule has 0 N–H and O–H groups in total. The molecule has 0 aliphatic carbocycles. The van der Waals surface area contributed by atoms with E-state index in [1.54, 1.807) is 0 Å². The van der Waals surface area contributed by atoms with Gasteiger partial charge in [0.05, 0.1) is 0 Å². The van der Waals surface area contributed by atoms with Crippen LogP contribution >= 0.6 is 15.9 Å². The van der Waals surface area contributed by atoms with Gasteiger partial charge in [0.1, 0.15) is 0 Å². The van der Waals surface area contributed by atoms with Gasteiger partial charge in [-0.15, -0.1) is 10.2 Å². The van der Waals surface area contributed by atoms with Gasteiger partial charge in [0.25, 0.3) is 0 Å². The summed E-state index contributed by atoms with van der Waals surface area (Å²) in [5.41, 5.74) is 3.27. The van der Waals surface area contributed by atoms with E-state index < -0.39 is 0 Å². The van der Waals surface area contributed by atoms with E-state index in [1.165, 1.54) is 5.56 Å². The molecule has 0 saturated carbocycles. The van der Waals surface area contributed by atoms with Crippen LogP contribution in [0.1, 0.15) is 17.0 Å². The first kappa shape index (κ1) is 13.8. The number of alkyl halides is 1. The lowest BCUT2D eigenvalue weighted by Gasteiger charge is -1.95. The van der Waals surface area contributed by atoms with Gasteiger partial charge in [0.2, 0.25) is 11.8 Å². The molecule has 0 radical (unpaired) electrons. The maximum atomic E-state index is 5.62. The second kappa shape index (κ2) is 6.50. The summed E-state index contributed by atoms with van der Waals surface area (Å²) in [5.74, 6) is 1.03. The molecule has 0 unspecified atom stereocenters. The predicted octanol–water partition coefficient (Wildman–Crippen LogP) is 4.80. The molecule has 0 atom stereocenters. The highest BCUT2D eigenvalue weighted by molar-refractivity contribution is 9.08. The van der Waals surface area contributed by atoms with Crippen molar-refractivity contribution in [1.29, 1.82) is 0 Å². The van der Waals surface area contributed by atoms with Crippen LogP contribution in [0.3, 0.4) is 0 Å². The SMILES string of the molecule is BrCc1ccc(C=Cc2nnc(-c3ccccc3)o2)cc1. The molecule has 0 aliphatic rings. The lowest BCUT2D eigenvalue weighted by atomic mass is 10.1. The fraction of sp³-hybridized carbons (Fsp3) is 0.0588. The highest BCUT2D eigenvalue weighted by Crippen LogP contribution is 2.18. The largest absolute Gasteiger partial charge is 0.417 e. The Balaban J connectivity index is 1.76. The van der Waals surface area contributed by atoms with Crippen molar-refractivity contribution in [2.75, 3.05) is 0 Å². The molecule has 3 aromatic rings. The summed E-state index contributed by atoms with van der Waals surface area (Å²) >= 11 is 3.43. The molecule has 21 heavy (non-hydrogen) atoms. The van der Waals surface area contributed by atoms with E-state index >= 15 is 0 Å². The summed E-state index contributed by atoms with van der Waals surface area (Å²) < 4.78 is 5.62. The van der Waals surface area contributed by atoms with Gasteiger partial charge in [0.15, 0.2) is 0 Å². The smallest absolute Gasteiger partial charge is 0.248 e. The molecule has 104 valence electrons. The van der Waals surface area contributed by atoms with Crippen LogP contribution in [-0.4, -0.2) is 10.2 Å². The number of nitrogens with zero attached hydrogens (tertiary/aromatic N) is 2. The maximum absolute atomic E-state index is 5.62. The third-order valence-corrected chi connectivity index (χ3v) is 3.66. The molecular formula is C17H13BrN2O. The average molecular weight is 341 g/mol. The second-order valence-electron chi connectivity index (χ2n) is 4.52. The topological polar surface area (TPSA) is 38.9 Å². The predicted molar refractivity (Wildman–Crippen MR) is 87.7 cm³/mol. The molecule has 1 heterocycles. The molecular weight excluding hydrogens is 328 g/mol. The number of halogens is 1. The van der Waals surface area contributed by atoms with E-state index in [1.807, 2.05) is 42.5 Å². The minimum absolute atomic E-state index is 0.499. The van der Waals surface area contributed by atoms with Gasteiger partial charge < -0.3 is 4.42 Å². The first-order chi connectivity index (χ1) is 10.3. The lowest BCUT2D eigenvalue weighted by molar-refractivity contribution is 0.558. The summed E-state index contributed by atoms with van der Waals surface area (Å²) in [6.07, 6.45) is 3.78. The Morgan fingerprint density at radius 3 is 2.38 bits per heavy atom. The monoisotopic (exact) mass is 340 g/mol. The van der Waals surface area contributed by atoms with Crippen molar-refractivity contribution in [3.05, 3.63) is 71.6 Å². The minimum Gasteiger partial charge on any atom is -0.417 e. The van der Waals surface area contributed by atoms with Crippen LogP contribution < -0.4 is 0 Å². The van der Waals surface area contributed by atoms with E-state index in [0.717, 1.165) is 16.5 Å². The van der Waals surface area contributed by atoms with Crippen LogP contribution in [-0.2, 0) is 5.33 Å². The molecule has 0 spiro atoms. The zero-order valence-electron chi connectivity index (χ0n) is 11.2. The fourth-order valence-corrected chi connectivity index (χ4v) is 2.26. The quantitative estimate of drug-likeness (QED) is 0.640. The lowest BCUT2D eigenvalue weighted by Crippen LogP contribution is -1.77. The second-order valence-corrected chi connectivity index (χ2v) is 5.08. The van der Waals surface area contributed by atoms with Crippen molar-refractivity contribution in [2.24, 2.45) is 0 Å². The highest BCUT2D eigenvalue weighted by Gasteiger charge is 2.05. The molecule has 0 aliphatic heterocycles. The normalized spacial score (nSPS) is 11.1. The third kappa shape index (κ3) is 3.47. The fourth-order valence-electron chi connectivity index (χ4n) is 1.88. The number of aromatic nitrogens is 2. The standard InChI is InChI=1S/C17H13BrN2O/c18-12-14-8-6-13(7-9-14)10-11-16-19-20-17(21-16)15-4-2-1-3-5-15/h1-11H,12H2. The number of hydrogen-bond acceptors (Lipinski definition) is 3. The molecule has 3 nitrogen and oxygen atoms in total. The van der Waals surface area contributed by atoms with Crippen molar-refractivity contribution in [3.63, 3.8) is 0 Å². The zero-order chi connectivity index (χ0) is 14.5. The maximum Gasteiger partial charge on any atom is 0.248 e. The van der Waals surface area contributed by atoms with Gasteiger partial charge in [0, 0.05) is 17.0 Å². The Bertz CT molecular complexity index is 733. The van der Waals surface area contributed by atoms with Gasteiger partial charge in [-0.2, -0.15) is 0 Å². The molecule has 2 aromatic carbocycles. The number of benzene rings is 2. The molecule has 0 saturated heterocycles. The molecule has 4 heteroatoms. The van der Waals surface area contributed by atoms with E-state index in [2.05, 4.69) is 50.4 Å². The Morgan fingerprint density at radius 1 is 0.905 bits per heavy atom. The van der Waals surface area contributed by atoms with Gasteiger partial charge >= 0.3 is 0 Å². The van der Waals surface area contributed by atoms with E-state index in [9.17, 15) is 0 Å². The summed E-state index contributed by atoms with van der Waals surface area (Å²) in [4.78, 5) is 0. The van der Waals surface area contributed by atoms with Crippen LogP contribution in [0.4, 0.5) is 0 Å². The van der Waals surface area contributed by atoms with Crippen molar-refractivity contribution in [2.45, 2.75) is 5.33 Å². The van der Waals surface area contributed by atoms with Crippen molar-refractivity contribution in [3.8, 4) is 11.5 Å². The van der Waals surface area contributed by atoms with Crippen LogP contribution in [0.25, 0.3) is 23.6 Å². The Morgan fingerprint density at radius 2 is 1.67 bits per heavy atom. The molecule has 0 amide bonds. The van der Waals surface area contributed by atoms with Gasteiger partial charge in [-0.3, -0.25) is 0 Å². The van der Waals surface area contributed by atoms with E-state index in [-0.39, 0.29) is 0 Å². The number of hydrogen-bond donors (Lipinski definition) is 0.